The summed E-state index contributed by atoms with van der Waals surface area (Å²) >= 11 is 0. The molecule has 0 aliphatic rings. The number of allylic oxidation sites excluding steroid dienone is 1. The molecule has 0 unspecified atom stereocenters. The number of ether oxygens (including phenoxy) is 1. The minimum absolute atomic E-state index is 0.240. The van der Waals surface area contributed by atoms with E-state index in [1.165, 1.54) is 31.4 Å². The summed E-state index contributed by atoms with van der Waals surface area (Å²) in [5.41, 5.74) is 1.16. The molecule has 2 rings (SSSR count). The van der Waals surface area contributed by atoms with Gasteiger partial charge >= 0.3 is 6.18 Å². The van der Waals surface area contributed by atoms with Crippen LogP contribution >= 0.6 is 0 Å². The summed E-state index contributed by atoms with van der Waals surface area (Å²) in [5, 5.41) is 0. The first kappa shape index (κ1) is 19.1. The van der Waals surface area contributed by atoms with Gasteiger partial charge in [0.25, 0.3) is 0 Å². The molecule has 0 spiro atoms. The highest BCUT2D eigenvalue weighted by molar-refractivity contribution is 5.50. The SMILES string of the molecule is CCCCC/C=C/c1ccc(OCc2ccc(C(F)(F)F)cc2)cc1. The Bertz CT molecular complexity index is 655. The van der Waals surface area contributed by atoms with Gasteiger partial charge in [0.2, 0.25) is 0 Å². The standard InChI is InChI=1S/C21H23F3O/c1-2-3-4-5-6-7-17-10-14-20(15-11-17)25-16-18-8-12-19(13-9-18)21(22,23)24/h6-15H,2-5,16H2,1H3/b7-6+. The highest BCUT2D eigenvalue weighted by atomic mass is 19.4. The van der Waals surface area contributed by atoms with E-state index in [1.54, 1.807) is 0 Å². The highest BCUT2D eigenvalue weighted by Gasteiger charge is 2.29. The van der Waals surface area contributed by atoms with E-state index in [4.69, 9.17) is 4.74 Å². The van der Waals surface area contributed by atoms with Crippen LogP contribution in [0.15, 0.2) is 54.6 Å². The maximum absolute atomic E-state index is 12.5. The number of halogens is 3. The fourth-order valence-corrected chi connectivity index (χ4v) is 2.36. The smallest absolute Gasteiger partial charge is 0.416 e. The summed E-state index contributed by atoms with van der Waals surface area (Å²) in [6, 6.07) is 12.7. The van der Waals surface area contributed by atoms with Crippen LogP contribution in [0.3, 0.4) is 0 Å². The van der Waals surface area contributed by atoms with Crippen LogP contribution in [0.1, 0.15) is 49.3 Å². The lowest BCUT2D eigenvalue weighted by Gasteiger charge is -2.09. The number of alkyl halides is 3. The van der Waals surface area contributed by atoms with Gasteiger partial charge in [0, 0.05) is 0 Å². The molecule has 0 saturated carbocycles. The van der Waals surface area contributed by atoms with E-state index in [1.807, 2.05) is 24.3 Å². The first-order valence-electron chi connectivity index (χ1n) is 8.54. The molecule has 0 heterocycles. The van der Waals surface area contributed by atoms with Crippen LogP contribution in [0.25, 0.3) is 6.08 Å². The molecule has 0 saturated heterocycles. The number of hydrogen-bond acceptors (Lipinski definition) is 1. The van der Waals surface area contributed by atoms with Crippen molar-refractivity contribution < 1.29 is 17.9 Å². The first-order chi connectivity index (χ1) is 12.0. The Morgan fingerprint density at radius 1 is 0.920 bits per heavy atom. The molecule has 2 aromatic carbocycles. The van der Waals surface area contributed by atoms with Crippen molar-refractivity contribution in [1.29, 1.82) is 0 Å². The summed E-state index contributed by atoms with van der Waals surface area (Å²) < 4.78 is 43.2. The molecule has 4 heteroatoms. The van der Waals surface area contributed by atoms with E-state index in [-0.39, 0.29) is 6.61 Å². The third-order valence-corrected chi connectivity index (χ3v) is 3.85. The minimum Gasteiger partial charge on any atom is -0.489 e. The van der Waals surface area contributed by atoms with Crippen molar-refractivity contribution in [3.63, 3.8) is 0 Å². The Morgan fingerprint density at radius 3 is 2.20 bits per heavy atom. The first-order valence-corrected chi connectivity index (χ1v) is 8.54. The van der Waals surface area contributed by atoms with Crippen molar-refractivity contribution >= 4 is 6.08 Å². The normalized spacial score (nSPS) is 11.8. The molecule has 0 fully saturated rings. The topological polar surface area (TPSA) is 9.23 Å². The van der Waals surface area contributed by atoms with E-state index in [9.17, 15) is 13.2 Å². The zero-order valence-electron chi connectivity index (χ0n) is 14.4. The molecule has 0 aromatic heterocycles. The third-order valence-electron chi connectivity index (χ3n) is 3.85. The quantitative estimate of drug-likeness (QED) is 0.473. The Hall–Kier alpha value is -2.23. The van der Waals surface area contributed by atoms with Crippen molar-refractivity contribution in [2.75, 3.05) is 0 Å². The van der Waals surface area contributed by atoms with Gasteiger partial charge < -0.3 is 4.74 Å². The zero-order chi connectivity index (χ0) is 18.1. The Kier molecular flexibility index (Phi) is 7.11. The average Bonchev–Trinajstić information content (AvgIpc) is 2.60. The molecule has 0 bridgehead atoms. The van der Waals surface area contributed by atoms with Crippen molar-refractivity contribution in [3.8, 4) is 5.75 Å². The van der Waals surface area contributed by atoms with Crippen molar-refractivity contribution in [2.24, 2.45) is 0 Å². The lowest BCUT2D eigenvalue weighted by Crippen LogP contribution is -2.05. The molecule has 0 amide bonds. The fraction of sp³-hybridized carbons (Fsp3) is 0.333. The van der Waals surface area contributed by atoms with Crippen molar-refractivity contribution in [1.82, 2.24) is 0 Å². The maximum Gasteiger partial charge on any atom is 0.416 e. The van der Waals surface area contributed by atoms with Gasteiger partial charge in [-0.1, -0.05) is 56.2 Å². The van der Waals surface area contributed by atoms with Gasteiger partial charge in [-0.25, -0.2) is 0 Å². The minimum atomic E-state index is -4.31. The molecule has 0 atom stereocenters. The van der Waals surface area contributed by atoms with Crippen LogP contribution in [0.2, 0.25) is 0 Å². The Balaban J connectivity index is 1.83. The van der Waals surface area contributed by atoms with E-state index in [2.05, 4.69) is 19.1 Å². The second kappa shape index (κ2) is 9.30. The second-order valence-corrected chi connectivity index (χ2v) is 5.95. The lowest BCUT2D eigenvalue weighted by molar-refractivity contribution is -0.137. The van der Waals surface area contributed by atoms with Crippen LogP contribution < -0.4 is 4.74 Å². The van der Waals surface area contributed by atoms with Gasteiger partial charge in [-0.15, -0.1) is 0 Å². The Labute approximate surface area is 147 Å². The summed E-state index contributed by atoms with van der Waals surface area (Å²) in [6.07, 6.45) is 4.73. The van der Waals surface area contributed by atoms with Crippen LogP contribution in [-0.2, 0) is 12.8 Å². The molecule has 25 heavy (non-hydrogen) atoms. The molecular weight excluding hydrogens is 325 g/mol. The molecule has 1 nitrogen and oxygen atoms in total. The van der Waals surface area contributed by atoms with Crippen molar-refractivity contribution in [2.45, 2.75) is 45.4 Å². The lowest BCUT2D eigenvalue weighted by atomic mass is 10.1. The molecule has 0 radical (unpaired) electrons. The summed E-state index contributed by atoms with van der Waals surface area (Å²) in [5.74, 6) is 0.697. The number of rotatable bonds is 8. The fourth-order valence-electron chi connectivity index (χ4n) is 2.36. The third kappa shape index (κ3) is 6.65. The van der Waals surface area contributed by atoms with Gasteiger partial charge in [0.15, 0.2) is 0 Å². The van der Waals surface area contributed by atoms with E-state index in [0.717, 1.165) is 24.1 Å². The molecule has 2 aromatic rings. The van der Waals surface area contributed by atoms with Gasteiger partial charge in [-0.2, -0.15) is 13.2 Å². The van der Waals surface area contributed by atoms with E-state index < -0.39 is 11.7 Å². The molecule has 134 valence electrons. The zero-order valence-corrected chi connectivity index (χ0v) is 14.4. The Morgan fingerprint density at radius 2 is 1.60 bits per heavy atom. The van der Waals surface area contributed by atoms with Gasteiger partial charge in [0.1, 0.15) is 12.4 Å². The molecule has 0 aliphatic carbocycles. The molecular formula is C21H23F3O. The predicted molar refractivity (Wildman–Crippen MR) is 95.4 cm³/mol. The summed E-state index contributed by atoms with van der Waals surface area (Å²) in [4.78, 5) is 0. The van der Waals surface area contributed by atoms with Gasteiger partial charge in [0.05, 0.1) is 5.56 Å². The van der Waals surface area contributed by atoms with E-state index in [0.29, 0.717) is 11.3 Å². The number of benzene rings is 2. The largest absolute Gasteiger partial charge is 0.489 e. The van der Waals surface area contributed by atoms with Gasteiger partial charge in [-0.05, 0) is 48.2 Å². The van der Waals surface area contributed by atoms with E-state index >= 15 is 0 Å². The van der Waals surface area contributed by atoms with Crippen LogP contribution in [-0.4, -0.2) is 0 Å². The van der Waals surface area contributed by atoms with Crippen molar-refractivity contribution in [3.05, 3.63) is 71.3 Å². The summed E-state index contributed by atoms with van der Waals surface area (Å²) in [6.45, 7) is 2.43. The summed E-state index contributed by atoms with van der Waals surface area (Å²) in [7, 11) is 0. The monoisotopic (exact) mass is 348 g/mol. The second-order valence-electron chi connectivity index (χ2n) is 5.95. The average molecular weight is 348 g/mol. The number of unbranched alkanes of at least 4 members (excludes halogenated alkanes) is 3. The van der Waals surface area contributed by atoms with Crippen LogP contribution in [0.5, 0.6) is 5.75 Å². The molecule has 0 N–H and O–H groups in total. The number of hydrogen-bond donors (Lipinski definition) is 0. The highest BCUT2D eigenvalue weighted by Crippen LogP contribution is 2.29. The van der Waals surface area contributed by atoms with Gasteiger partial charge in [-0.3, -0.25) is 0 Å². The molecule has 0 aliphatic heterocycles. The van der Waals surface area contributed by atoms with Crippen LogP contribution in [0.4, 0.5) is 13.2 Å². The predicted octanol–water partition coefficient (Wildman–Crippen LogP) is 6.88. The van der Waals surface area contributed by atoms with Crippen LogP contribution in [0, 0.1) is 0 Å². The maximum atomic E-state index is 12.5.